The molecule has 0 aliphatic carbocycles. The minimum absolute atomic E-state index is 0.142. The molecule has 1 aromatic heterocycles. The molecule has 0 unspecified atom stereocenters. The zero-order chi connectivity index (χ0) is 15.4. The van der Waals surface area contributed by atoms with E-state index >= 15 is 0 Å². The zero-order valence-electron chi connectivity index (χ0n) is 12.2. The standard InChI is InChI=1S/C16H19N3O2/c1-11-7-8-12(2)19(11)10-9-15(20)18-14-6-4-3-5-13(14)16(17)21/h3-8H,9-10H2,1-2H3,(H2,17,21)(H,18,20). The average Bonchev–Trinajstić information content (AvgIpc) is 2.76. The van der Waals surface area contributed by atoms with Gasteiger partial charge in [0.1, 0.15) is 0 Å². The number of anilines is 1. The number of para-hydroxylation sites is 1. The molecule has 2 rings (SSSR count). The third kappa shape index (κ3) is 3.51. The Bertz CT molecular complexity index is 654. The van der Waals surface area contributed by atoms with Crippen molar-refractivity contribution in [3.8, 4) is 0 Å². The zero-order valence-corrected chi connectivity index (χ0v) is 12.2. The summed E-state index contributed by atoms with van der Waals surface area (Å²) in [6.07, 6.45) is 0.337. The molecule has 0 saturated heterocycles. The number of hydrogen-bond donors (Lipinski definition) is 2. The number of aryl methyl sites for hydroxylation is 2. The van der Waals surface area contributed by atoms with Crippen LogP contribution in [0.5, 0.6) is 0 Å². The lowest BCUT2D eigenvalue weighted by Crippen LogP contribution is -2.19. The SMILES string of the molecule is Cc1ccc(C)n1CCC(=O)Nc1ccccc1C(N)=O. The normalized spacial score (nSPS) is 10.4. The lowest BCUT2D eigenvalue weighted by atomic mass is 10.1. The minimum Gasteiger partial charge on any atom is -0.366 e. The topological polar surface area (TPSA) is 77.1 Å². The molecule has 0 bridgehead atoms. The van der Waals surface area contributed by atoms with Crippen molar-refractivity contribution in [2.75, 3.05) is 5.32 Å². The van der Waals surface area contributed by atoms with Crippen molar-refractivity contribution >= 4 is 17.5 Å². The highest BCUT2D eigenvalue weighted by molar-refractivity contribution is 6.02. The van der Waals surface area contributed by atoms with Crippen LogP contribution in [0, 0.1) is 13.8 Å². The maximum absolute atomic E-state index is 12.0. The summed E-state index contributed by atoms with van der Waals surface area (Å²) in [6.45, 7) is 4.62. The molecular formula is C16H19N3O2. The molecule has 110 valence electrons. The Morgan fingerprint density at radius 3 is 2.33 bits per heavy atom. The van der Waals surface area contributed by atoms with Gasteiger partial charge in [-0.25, -0.2) is 0 Å². The lowest BCUT2D eigenvalue weighted by Gasteiger charge is -2.11. The van der Waals surface area contributed by atoms with Crippen molar-refractivity contribution in [1.29, 1.82) is 0 Å². The number of benzene rings is 1. The summed E-state index contributed by atoms with van der Waals surface area (Å²) in [5, 5.41) is 2.74. The lowest BCUT2D eigenvalue weighted by molar-refractivity contribution is -0.116. The van der Waals surface area contributed by atoms with Crippen LogP contribution in [0.2, 0.25) is 0 Å². The van der Waals surface area contributed by atoms with Crippen LogP contribution in [-0.2, 0) is 11.3 Å². The van der Waals surface area contributed by atoms with Gasteiger partial charge in [0.2, 0.25) is 5.91 Å². The van der Waals surface area contributed by atoms with E-state index in [0.29, 0.717) is 24.2 Å². The predicted octanol–water partition coefficient (Wildman–Crippen LogP) is 2.23. The smallest absolute Gasteiger partial charge is 0.250 e. The maximum Gasteiger partial charge on any atom is 0.250 e. The summed E-state index contributed by atoms with van der Waals surface area (Å²) in [5.74, 6) is -0.695. The Hall–Kier alpha value is -2.56. The number of carbonyl (C=O) groups excluding carboxylic acids is 2. The van der Waals surface area contributed by atoms with Gasteiger partial charge in [0.15, 0.2) is 0 Å². The first-order chi connectivity index (χ1) is 9.99. The Morgan fingerprint density at radius 1 is 1.10 bits per heavy atom. The number of hydrogen-bond acceptors (Lipinski definition) is 2. The molecule has 1 heterocycles. The second-order valence-corrected chi connectivity index (χ2v) is 4.98. The second kappa shape index (κ2) is 6.26. The second-order valence-electron chi connectivity index (χ2n) is 4.98. The molecule has 0 atom stereocenters. The number of nitrogens with zero attached hydrogens (tertiary/aromatic N) is 1. The van der Waals surface area contributed by atoms with Crippen LogP contribution in [0.4, 0.5) is 5.69 Å². The van der Waals surface area contributed by atoms with Gasteiger partial charge in [0.25, 0.3) is 5.91 Å². The van der Waals surface area contributed by atoms with Crippen molar-refractivity contribution in [2.45, 2.75) is 26.8 Å². The summed E-state index contributed by atoms with van der Waals surface area (Å²) in [5.41, 5.74) is 8.31. The molecule has 0 radical (unpaired) electrons. The van der Waals surface area contributed by atoms with Gasteiger partial charge in [-0.15, -0.1) is 0 Å². The summed E-state index contributed by atoms with van der Waals surface area (Å²) in [6, 6.07) is 10.8. The number of rotatable bonds is 5. The molecule has 5 nitrogen and oxygen atoms in total. The highest BCUT2D eigenvalue weighted by Crippen LogP contribution is 2.15. The van der Waals surface area contributed by atoms with Gasteiger partial charge < -0.3 is 15.6 Å². The molecule has 1 aromatic carbocycles. The van der Waals surface area contributed by atoms with Gasteiger partial charge in [-0.1, -0.05) is 12.1 Å². The first-order valence-corrected chi connectivity index (χ1v) is 6.80. The molecule has 0 fully saturated rings. The number of primary amides is 1. The predicted molar refractivity (Wildman–Crippen MR) is 82.1 cm³/mol. The molecule has 21 heavy (non-hydrogen) atoms. The van der Waals surface area contributed by atoms with Gasteiger partial charge in [-0.3, -0.25) is 9.59 Å². The number of nitrogens with one attached hydrogen (secondary N) is 1. The van der Waals surface area contributed by atoms with Crippen molar-refractivity contribution < 1.29 is 9.59 Å². The van der Waals surface area contributed by atoms with E-state index in [1.54, 1.807) is 24.3 Å². The summed E-state index contributed by atoms with van der Waals surface area (Å²) >= 11 is 0. The number of nitrogens with two attached hydrogens (primary N) is 1. The maximum atomic E-state index is 12.0. The van der Waals surface area contributed by atoms with E-state index < -0.39 is 5.91 Å². The molecule has 3 N–H and O–H groups in total. The van der Waals surface area contributed by atoms with Gasteiger partial charge in [0.05, 0.1) is 11.3 Å². The van der Waals surface area contributed by atoms with Gasteiger partial charge >= 0.3 is 0 Å². The van der Waals surface area contributed by atoms with Crippen LogP contribution in [0.1, 0.15) is 28.2 Å². The molecule has 5 heteroatoms. The quantitative estimate of drug-likeness (QED) is 0.883. The monoisotopic (exact) mass is 285 g/mol. The third-order valence-electron chi connectivity index (χ3n) is 3.45. The fourth-order valence-corrected chi connectivity index (χ4v) is 2.29. The molecule has 0 aliphatic heterocycles. The number of carbonyl (C=O) groups is 2. The van der Waals surface area contributed by atoms with Crippen LogP contribution < -0.4 is 11.1 Å². The van der Waals surface area contributed by atoms with Crippen LogP contribution in [0.25, 0.3) is 0 Å². The largest absolute Gasteiger partial charge is 0.366 e. The third-order valence-corrected chi connectivity index (χ3v) is 3.45. The highest BCUT2D eigenvalue weighted by atomic mass is 16.2. The van der Waals surface area contributed by atoms with Crippen molar-refractivity contribution in [3.63, 3.8) is 0 Å². The van der Waals surface area contributed by atoms with E-state index in [1.807, 2.05) is 26.0 Å². The molecule has 2 amide bonds. The Kier molecular flexibility index (Phi) is 4.42. The summed E-state index contributed by atoms with van der Waals surface area (Å²) in [7, 11) is 0. The first kappa shape index (κ1) is 14.8. The van der Waals surface area contributed by atoms with Crippen molar-refractivity contribution in [1.82, 2.24) is 4.57 Å². The molecule has 0 aliphatic rings. The average molecular weight is 285 g/mol. The number of amides is 2. The summed E-state index contributed by atoms with van der Waals surface area (Å²) in [4.78, 5) is 23.3. The first-order valence-electron chi connectivity index (χ1n) is 6.80. The van der Waals surface area contributed by atoms with E-state index in [-0.39, 0.29) is 5.91 Å². The Balaban J connectivity index is 2.01. The molecule has 0 spiro atoms. The van der Waals surface area contributed by atoms with Crippen LogP contribution >= 0.6 is 0 Å². The Morgan fingerprint density at radius 2 is 1.71 bits per heavy atom. The van der Waals surface area contributed by atoms with E-state index in [1.165, 1.54) is 0 Å². The van der Waals surface area contributed by atoms with E-state index in [4.69, 9.17) is 5.73 Å². The molecular weight excluding hydrogens is 266 g/mol. The summed E-state index contributed by atoms with van der Waals surface area (Å²) < 4.78 is 2.08. The van der Waals surface area contributed by atoms with E-state index in [2.05, 4.69) is 9.88 Å². The molecule has 0 saturated carbocycles. The van der Waals surface area contributed by atoms with Crippen LogP contribution in [-0.4, -0.2) is 16.4 Å². The van der Waals surface area contributed by atoms with E-state index in [9.17, 15) is 9.59 Å². The van der Waals surface area contributed by atoms with Gasteiger partial charge in [-0.2, -0.15) is 0 Å². The highest BCUT2D eigenvalue weighted by Gasteiger charge is 2.11. The fourth-order valence-electron chi connectivity index (χ4n) is 2.29. The number of aromatic nitrogens is 1. The molecule has 2 aromatic rings. The van der Waals surface area contributed by atoms with Crippen molar-refractivity contribution in [2.24, 2.45) is 5.73 Å². The van der Waals surface area contributed by atoms with Crippen LogP contribution in [0.3, 0.4) is 0 Å². The van der Waals surface area contributed by atoms with Gasteiger partial charge in [0, 0.05) is 24.4 Å². The van der Waals surface area contributed by atoms with Crippen LogP contribution in [0.15, 0.2) is 36.4 Å². The minimum atomic E-state index is -0.553. The van der Waals surface area contributed by atoms with E-state index in [0.717, 1.165) is 11.4 Å². The van der Waals surface area contributed by atoms with Crippen molar-refractivity contribution in [3.05, 3.63) is 53.3 Å². The Labute approximate surface area is 123 Å². The van der Waals surface area contributed by atoms with Gasteiger partial charge in [-0.05, 0) is 38.1 Å². The fraction of sp³-hybridized carbons (Fsp3) is 0.250.